The fraction of sp³-hybridized carbons (Fsp3) is 0.385. The van der Waals surface area contributed by atoms with Crippen LogP contribution in [-0.2, 0) is 10.0 Å². The lowest BCUT2D eigenvalue weighted by Crippen LogP contribution is -2.31. The minimum Gasteiger partial charge on any atom is -0.340 e. The van der Waals surface area contributed by atoms with Gasteiger partial charge >= 0.3 is 0 Å². The van der Waals surface area contributed by atoms with Crippen LogP contribution in [0, 0.1) is 23.1 Å². The zero-order chi connectivity index (χ0) is 16.2. The standard InChI is InChI=1S/C13H16FN3O3S/c1-9(7-15)8-17(2)13(18)11-6-10(14)4-5-12(11)16-21(3,19)20/h4-6,9,16H,8H2,1-3H3/t9-/m1/s1. The highest BCUT2D eigenvalue weighted by Crippen LogP contribution is 2.20. The Kier molecular flexibility index (Phi) is 5.27. The Morgan fingerprint density at radius 2 is 2.14 bits per heavy atom. The highest BCUT2D eigenvalue weighted by atomic mass is 32.2. The molecule has 6 nitrogen and oxygen atoms in total. The summed E-state index contributed by atoms with van der Waals surface area (Å²) in [7, 11) is -2.13. The Bertz CT molecular complexity index is 682. The molecule has 0 saturated heterocycles. The highest BCUT2D eigenvalue weighted by molar-refractivity contribution is 7.92. The van der Waals surface area contributed by atoms with Gasteiger partial charge in [-0.25, -0.2) is 12.8 Å². The minimum atomic E-state index is -3.59. The van der Waals surface area contributed by atoms with E-state index in [1.807, 2.05) is 6.07 Å². The van der Waals surface area contributed by atoms with E-state index in [0.29, 0.717) is 0 Å². The van der Waals surface area contributed by atoms with Crippen molar-refractivity contribution in [2.75, 3.05) is 24.6 Å². The summed E-state index contributed by atoms with van der Waals surface area (Å²) in [5.41, 5.74) is -0.103. The fourth-order valence-electron chi connectivity index (χ4n) is 1.72. The topological polar surface area (TPSA) is 90.3 Å². The number of benzene rings is 1. The molecular weight excluding hydrogens is 297 g/mol. The molecule has 0 aliphatic heterocycles. The van der Waals surface area contributed by atoms with E-state index in [-0.39, 0.29) is 23.7 Å². The Hall–Kier alpha value is -2.14. The summed E-state index contributed by atoms with van der Waals surface area (Å²) < 4.78 is 38.1. The third kappa shape index (κ3) is 5.04. The van der Waals surface area contributed by atoms with Crippen LogP contribution in [0.2, 0.25) is 0 Å². The molecule has 1 N–H and O–H groups in total. The molecule has 0 unspecified atom stereocenters. The van der Waals surface area contributed by atoms with Crippen molar-refractivity contribution < 1.29 is 17.6 Å². The van der Waals surface area contributed by atoms with Gasteiger partial charge in [-0.1, -0.05) is 0 Å². The van der Waals surface area contributed by atoms with Crippen molar-refractivity contribution in [3.05, 3.63) is 29.6 Å². The predicted octanol–water partition coefficient (Wildman–Crippen LogP) is 1.43. The van der Waals surface area contributed by atoms with Crippen molar-refractivity contribution in [1.29, 1.82) is 5.26 Å². The molecular formula is C13H16FN3O3S. The van der Waals surface area contributed by atoms with Crippen LogP contribution in [0.25, 0.3) is 0 Å². The minimum absolute atomic E-state index is 0.000334. The molecule has 0 radical (unpaired) electrons. The normalized spacial score (nSPS) is 12.3. The van der Waals surface area contributed by atoms with Gasteiger partial charge in [0.1, 0.15) is 5.82 Å². The van der Waals surface area contributed by atoms with Gasteiger partial charge in [-0.2, -0.15) is 5.26 Å². The molecule has 0 heterocycles. The lowest BCUT2D eigenvalue weighted by molar-refractivity contribution is 0.0785. The van der Waals surface area contributed by atoms with Crippen LogP contribution in [0.15, 0.2) is 18.2 Å². The van der Waals surface area contributed by atoms with Crippen LogP contribution >= 0.6 is 0 Å². The Balaban J connectivity index is 3.13. The SMILES string of the molecule is C[C@H](C#N)CN(C)C(=O)c1cc(F)ccc1NS(C)(=O)=O. The van der Waals surface area contributed by atoms with Crippen LogP contribution in [-0.4, -0.2) is 39.1 Å². The van der Waals surface area contributed by atoms with E-state index in [1.54, 1.807) is 6.92 Å². The number of carbonyl (C=O) groups excluding carboxylic acids is 1. The average molecular weight is 313 g/mol. The number of amides is 1. The summed E-state index contributed by atoms with van der Waals surface area (Å²) in [5, 5.41) is 8.75. The van der Waals surface area contributed by atoms with Crippen LogP contribution in [0.5, 0.6) is 0 Å². The lowest BCUT2D eigenvalue weighted by atomic mass is 10.1. The number of halogens is 1. The second-order valence-corrected chi connectivity index (χ2v) is 6.53. The smallest absolute Gasteiger partial charge is 0.255 e. The second kappa shape index (κ2) is 6.54. The summed E-state index contributed by atoms with van der Waals surface area (Å²) in [6, 6.07) is 5.19. The predicted molar refractivity (Wildman–Crippen MR) is 76.6 cm³/mol. The molecule has 1 atom stereocenters. The Labute approximate surface area is 123 Å². The molecule has 0 saturated carbocycles. The quantitative estimate of drug-likeness (QED) is 0.890. The van der Waals surface area contributed by atoms with Crippen molar-refractivity contribution in [3.8, 4) is 6.07 Å². The van der Waals surface area contributed by atoms with Gasteiger partial charge in [-0.15, -0.1) is 0 Å². The van der Waals surface area contributed by atoms with Gasteiger partial charge in [0.15, 0.2) is 0 Å². The van der Waals surface area contributed by atoms with Crippen LogP contribution in [0.3, 0.4) is 0 Å². The molecule has 0 bridgehead atoms. The van der Waals surface area contributed by atoms with E-state index in [9.17, 15) is 17.6 Å². The molecule has 1 rings (SSSR count). The highest BCUT2D eigenvalue weighted by Gasteiger charge is 2.20. The number of anilines is 1. The fourth-order valence-corrected chi connectivity index (χ4v) is 2.30. The number of sulfonamides is 1. The van der Waals surface area contributed by atoms with E-state index >= 15 is 0 Å². The average Bonchev–Trinajstić information content (AvgIpc) is 2.38. The molecule has 21 heavy (non-hydrogen) atoms. The first-order chi connectivity index (χ1) is 9.64. The largest absolute Gasteiger partial charge is 0.340 e. The maximum Gasteiger partial charge on any atom is 0.255 e. The van der Waals surface area contributed by atoms with Gasteiger partial charge in [0.25, 0.3) is 5.91 Å². The molecule has 1 aromatic carbocycles. The third-order valence-corrected chi connectivity index (χ3v) is 3.21. The molecule has 0 fully saturated rings. The number of carbonyl (C=O) groups is 1. The van der Waals surface area contributed by atoms with E-state index in [4.69, 9.17) is 5.26 Å². The van der Waals surface area contributed by atoms with Crippen molar-refractivity contribution >= 4 is 21.6 Å². The molecule has 114 valence electrons. The summed E-state index contributed by atoms with van der Waals surface area (Å²) in [5.74, 6) is -1.61. The zero-order valence-electron chi connectivity index (χ0n) is 11.9. The molecule has 1 aromatic rings. The van der Waals surface area contributed by atoms with E-state index in [0.717, 1.165) is 18.4 Å². The van der Waals surface area contributed by atoms with E-state index in [2.05, 4.69) is 4.72 Å². The first-order valence-electron chi connectivity index (χ1n) is 6.06. The van der Waals surface area contributed by atoms with Crippen molar-refractivity contribution in [1.82, 2.24) is 4.90 Å². The van der Waals surface area contributed by atoms with Crippen molar-refractivity contribution in [3.63, 3.8) is 0 Å². The number of nitrogens with one attached hydrogen (secondary N) is 1. The maximum absolute atomic E-state index is 13.3. The molecule has 0 aliphatic carbocycles. The number of hydrogen-bond donors (Lipinski definition) is 1. The number of hydrogen-bond acceptors (Lipinski definition) is 4. The summed E-state index contributed by atoms with van der Waals surface area (Å²) in [6.45, 7) is 1.80. The zero-order valence-corrected chi connectivity index (χ0v) is 12.7. The first-order valence-corrected chi connectivity index (χ1v) is 7.95. The molecule has 0 spiro atoms. The molecule has 0 aromatic heterocycles. The summed E-state index contributed by atoms with van der Waals surface area (Å²) in [6.07, 6.45) is 0.937. The Morgan fingerprint density at radius 3 is 2.67 bits per heavy atom. The van der Waals surface area contributed by atoms with E-state index in [1.165, 1.54) is 18.0 Å². The van der Waals surface area contributed by atoms with Crippen molar-refractivity contribution in [2.24, 2.45) is 5.92 Å². The van der Waals surface area contributed by atoms with Gasteiger partial charge in [0, 0.05) is 13.6 Å². The van der Waals surface area contributed by atoms with E-state index < -0.39 is 21.7 Å². The van der Waals surface area contributed by atoms with Gasteiger partial charge in [0.2, 0.25) is 10.0 Å². The molecule has 8 heteroatoms. The van der Waals surface area contributed by atoms with Gasteiger partial charge in [0.05, 0.1) is 29.5 Å². The van der Waals surface area contributed by atoms with Gasteiger partial charge in [-0.05, 0) is 25.1 Å². The van der Waals surface area contributed by atoms with Crippen LogP contribution in [0.4, 0.5) is 10.1 Å². The monoisotopic (exact) mass is 313 g/mol. The third-order valence-electron chi connectivity index (χ3n) is 2.62. The van der Waals surface area contributed by atoms with Crippen LogP contribution < -0.4 is 4.72 Å². The van der Waals surface area contributed by atoms with Gasteiger partial charge in [-0.3, -0.25) is 9.52 Å². The number of nitriles is 1. The number of rotatable bonds is 5. The summed E-state index contributed by atoms with van der Waals surface area (Å²) in [4.78, 5) is 13.5. The van der Waals surface area contributed by atoms with Gasteiger partial charge < -0.3 is 4.90 Å². The Morgan fingerprint density at radius 1 is 1.52 bits per heavy atom. The first kappa shape index (κ1) is 16.9. The lowest BCUT2D eigenvalue weighted by Gasteiger charge is -2.20. The summed E-state index contributed by atoms with van der Waals surface area (Å²) >= 11 is 0. The molecule has 1 amide bonds. The van der Waals surface area contributed by atoms with Crippen LogP contribution in [0.1, 0.15) is 17.3 Å². The van der Waals surface area contributed by atoms with Crippen molar-refractivity contribution in [2.45, 2.75) is 6.92 Å². The molecule has 0 aliphatic rings. The number of nitrogens with zero attached hydrogens (tertiary/aromatic N) is 2. The second-order valence-electron chi connectivity index (χ2n) is 4.78. The maximum atomic E-state index is 13.3.